The van der Waals surface area contributed by atoms with Crippen molar-refractivity contribution in [2.24, 2.45) is 0 Å². The fourth-order valence-corrected chi connectivity index (χ4v) is 3.75. The minimum atomic E-state index is -3.77. The number of amides is 1. The van der Waals surface area contributed by atoms with E-state index >= 15 is 0 Å². The van der Waals surface area contributed by atoms with Crippen molar-refractivity contribution in [2.75, 3.05) is 13.2 Å². The van der Waals surface area contributed by atoms with E-state index in [1.54, 1.807) is 0 Å². The van der Waals surface area contributed by atoms with Gasteiger partial charge in [-0.2, -0.15) is 0 Å². The molecule has 0 unspecified atom stereocenters. The van der Waals surface area contributed by atoms with Crippen LogP contribution in [-0.4, -0.2) is 33.5 Å². The number of hydrogen-bond donors (Lipinski definition) is 2. The van der Waals surface area contributed by atoms with Gasteiger partial charge in [-0.25, -0.2) is 17.5 Å². The maximum Gasteiger partial charge on any atom is 0.240 e. The molecule has 6 nitrogen and oxygen atoms in total. The van der Waals surface area contributed by atoms with Gasteiger partial charge in [0.25, 0.3) is 0 Å². The first kappa shape index (κ1) is 18.3. The van der Waals surface area contributed by atoms with Gasteiger partial charge in [0.05, 0.1) is 10.9 Å². The lowest BCUT2D eigenvalue weighted by atomic mass is 10.0. The Morgan fingerprint density at radius 3 is 2.65 bits per heavy atom. The molecule has 0 aromatic heterocycles. The molecule has 0 saturated carbocycles. The maximum absolute atomic E-state index is 12.9. The van der Waals surface area contributed by atoms with Crippen LogP contribution in [-0.2, 0) is 21.2 Å². The van der Waals surface area contributed by atoms with Gasteiger partial charge in [-0.05, 0) is 42.3 Å². The Balaban J connectivity index is 1.47. The summed E-state index contributed by atoms with van der Waals surface area (Å²) in [6.07, 6.45) is 0.668. The zero-order valence-electron chi connectivity index (χ0n) is 13.9. The standard InChI is InChI=1S/C18H19FN2O4S/c19-14-5-7-16(8-6-14)26(23,24)20-10-9-18(22)21-15-11-13-3-1-2-4-17(13)25-12-15/h1-8,15,20H,9-12H2,(H,21,22)/t15-/m0/s1. The SMILES string of the molecule is O=C(CCNS(=O)(=O)c1ccc(F)cc1)N[C@@H]1COc2ccccc2C1. The molecule has 0 aliphatic carbocycles. The zero-order valence-corrected chi connectivity index (χ0v) is 14.8. The highest BCUT2D eigenvalue weighted by atomic mass is 32.2. The Hall–Kier alpha value is -2.45. The van der Waals surface area contributed by atoms with Crippen molar-refractivity contribution in [1.82, 2.24) is 10.0 Å². The van der Waals surface area contributed by atoms with Gasteiger partial charge >= 0.3 is 0 Å². The number of fused-ring (bicyclic) bond motifs is 1. The Morgan fingerprint density at radius 2 is 1.88 bits per heavy atom. The van der Waals surface area contributed by atoms with E-state index in [9.17, 15) is 17.6 Å². The lowest BCUT2D eigenvalue weighted by Crippen LogP contribution is -2.43. The maximum atomic E-state index is 12.9. The second kappa shape index (κ2) is 7.84. The molecule has 1 heterocycles. The molecular weight excluding hydrogens is 359 g/mol. The molecule has 138 valence electrons. The molecule has 0 saturated heterocycles. The summed E-state index contributed by atoms with van der Waals surface area (Å²) >= 11 is 0. The second-order valence-corrected chi connectivity index (χ2v) is 7.76. The van der Waals surface area contributed by atoms with Crippen LogP contribution in [0.5, 0.6) is 5.75 Å². The number of sulfonamides is 1. The molecule has 26 heavy (non-hydrogen) atoms. The van der Waals surface area contributed by atoms with Crippen LogP contribution >= 0.6 is 0 Å². The summed E-state index contributed by atoms with van der Waals surface area (Å²) in [4.78, 5) is 12.0. The van der Waals surface area contributed by atoms with Crippen molar-refractivity contribution in [3.05, 3.63) is 59.9 Å². The third kappa shape index (κ3) is 4.59. The number of para-hydroxylation sites is 1. The molecule has 0 fully saturated rings. The van der Waals surface area contributed by atoms with Gasteiger partial charge in [0.15, 0.2) is 0 Å². The van der Waals surface area contributed by atoms with Crippen molar-refractivity contribution in [2.45, 2.75) is 23.8 Å². The lowest BCUT2D eigenvalue weighted by Gasteiger charge is -2.26. The van der Waals surface area contributed by atoms with E-state index < -0.39 is 15.8 Å². The second-order valence-electron chi connectivity index (χ2n) is 5.99. The summed E-state index contributed by atoms with van der Waals surface area (Å²) in [6, 6.07) is 12.0. The number of benzene rings is 2. The first-order chi connectivity index (χ1) is 12.4. The summed E-state index contributed by atoms with van der Waals surface area (Å²) in [5, 5.41) is 2.84. The summed E-state index contributed by atoms with van der Waals surface area (Å²) in [6.45, 7) is 0.333. The third-order valence-electron chi connectivity index (χ3n) is 4.01. The van der Waals surface area contributed by atoms with E-state index in [2.05, 4.69) is 10.0 Å². The molecule has 1 atom stereocenters. The van der Waals surface area contributed by atoms with Crippen LogP contribution in [0, 0.1) is 5.82 Å². The first-order valence-corrected chi connectivity index (χ1v) is 9.68. The number of carbonyl (C=O) groups excluding carboxylic acids is 1. The first-order valence-electron chi connectivity index (χ1n) is 8.19. The van der Waals surface area contributed by atoms with Gasteiger partial charge in [0.2, 0.25) is 15.9 Å². The Morgan fingerprint density at radius 1 is 1.15 bits per heavy atom. The zero-order chi connectivity index (χ0) is 18.6. The predicted octanol–water partition coefficient (Wildman–Crippen LogP) is 1.61. The molecule has 0 radical (unpaired) electrons. The Labute approximate surface area is 151 Å². The van der Waals surface area contributed by atoms with Gasteiger partial charge in [-0.3, -0.25) is 4.79 Å². The quantitative estimate of drug-likeness (QED) is 0.800. The van der Waals surface area contributed by atoms with E-state index in [0.717, 1.165) is 23.4 Å². The number of carbonyl (C=O) groups is 1. The average Bonchev–Trinajstić information content (AvgIpc) is 2.62. The van der Waals surface area contributed by atoms with Crippen molar-refractivity contribution >= 4 is 15.9 Å². The number of hydrogen-bond acceptors (Lipinski definition) is 4. The lowest BCUT2D eigenvalue weighted by molar-refractivity contribution is -0.121. The van der Waals surface area contributed by atoms with Crippen molar-refractivity contribution < 1.29 is 22.3 Å². The predicted molar refractivity (Wildman–Crippen MR) is 93.8 cm³/mol. The molecule has 2 aromatic carbocycles. The summed E-state index contributed by atoms with van der Waals surface area (Å²) in [5.41, 5.74) is 1.03. The van der Waals surface area contributed by atoms with Gasteiger partial charge in [-0.15, -0.1) is 0 Å². The fraction of sp³-hybridized carbons (Fsp3) is 0.278. The topological polar surface area (TPSA) is 84.5 Å². The van der Waals surface area contributed by atoms with E-state index in [1.807, 2.05) is 24.3 Å². The molecular formula is C18H19FN2O4S. The van der Waals surface area contributed by atoms with E-state index in [0.29, 0.717) is 13.0 Å². The van der Waals surface area contributed by atoms with Crippen LogP contribution in [0.3, 0.4) is 0 Å². The van der Waals surface area contributed by atoms with Gasteiger partial charge in [0, 0.05) is 13.0 Å². The summed E-state index contributed by atoms with van der Waals surface area (Å²) in [7, 11) is -3.77. The molecule has 2 aromatic rings. The van der Waals surface area contributed by atoms with Crippen molar-refractivity contribution in [3.63, 3.8) is 0 Å². The number of rotatable bonds is 6. The summed E-state index contributed by atoms with van der Waals surface area (Å²) in [5.74, 6) is 0.0458. The van der Waals surface area contributed by atoms with Gasteiger partial charge in [-0.1, -0.05) is 18.2 Å². The minimum absolute atomic E-state index is 0.00142. The monoisotopic (exact) mass is 378 g/mol. The van der Waals surface area contributed by atoms with Crippen LogP contribution in [0.15, 0.2) is 53.4 Å². The molecule has 1 aliphatic rings. The van der Waals surface area contributed by atoms with E-state index in [-0.39, 0.29) is 29.8 Å². The molecule has 1 amide bonds. The van der Waals surface area contributed by atoms with Crippen molar-refractivity contribution in [3.8, 4) is 5.75 Å². The minimum Gasteiger partial charge on any atom is -0.491 e. The molecule has 2 N–H and O–H groups in total. The number of nitrogens with one attached hydrogen (secondary N) is 2. The summed E-state index contributed by atoms with van der Waals surface area (Å²) < 4.78 is 44.9. The van der Waals surface area contributed by atoms with Crippen molar-refractivity contribution in [1.29, 1.82) is 0 Å². The van der Waals surface area contributed by atoms with Crippen LogP contribution in [0.4, 0.5) is 4.39 Å². The largest absolute Gasteiger partial charge is 0.491 e. The highest BCUT2D eigenvalue weighted by Gasteiger charge is 2.21. The highest BCUT2D eigenvalue weighted by molar-refractivity contribution is 7.89. The third-order valence-corrected chi connectivity index (χ3v) is 5.49. The van der Waals surface area contributed by atoms with E-state index in [4.69, 9.17) is 4.74 Å². The van der Waals surface area contributed by atoms with Gasteiger partial charge < -0.3 is 10.1 Å². The Kier molecular flexibility index (Phi) is 5.53. The number of halogens is 1. The van der Waals surface area contributed by atoms with Crippen LogP contribution < -0.4 is 14.8 Å². The smallest absolute Gasteiger partial charge is 0.240 e. The normalized spacial score (nSPS) is 16.4. The average molecular weight is 378 g/mol. The van der Waals surface area contributed by atoms with Gasteiger partial charge in [0.1, 0.15) is 18.2 Å². The molecule has 0 spiro atoms. The van der Waals surface area contributed by atoms with Crippen LogP contribution in [0.1, 0.15) is 12.0 Å². The molecule has 8 heteroatoms. The number of ether oxygens (including phenoxy) is 1. The molecule has 0 bridgehead atoms. The fourth-order valence-electron chi connectivity index (χ4n) is 2.72. The molecule has 3 rings (SSSR count). The Bertz CT molecular complexity index is 884. The molecule has 1 aliphatic heterocycles. The highest BCUT2D eigenvalue weighted by Crippen LogP contribution is 2.23. The van der Waals surface area contributed by atoms with Crippen LogP contribution in [0.25, 0.3) is 0 Å². The van der Waals surface area contributed by atoms with E-state index in [1.165, 1.54) is 12.1 Å². The van der Waals surface area contributed by atoms with Crippen LogP contribution in [0.2, 0.25) is 0 Å².